The van der Waals surface area contributed by atoms with E-state index in [4.69, 9.17) is 0 Å². The molecule has 158 valence electrons. The van der Waals surface area contributed by atoms with Gasteiger partial charge in [0.05, 0.1) is 25.3 Å². The SMILES string of the molecule is CC=C[N+](CC)(CC)C(C)C.O=S(=O)([N-]S(=O)(=O)C(F)(F)F)C(F)(F)F. The molecule has 0 heterocycles. The molecule has 26 heavy (non-hydrogen) atoms. The minimum Gasteiger partial charge on any atom is -0.421 e. The monoisotopic (exact) mass is 436 g/mol. The molecule has 0 amide bonds. The van der Waals surface area contributed by atoms with Crippen molar-refractivity contribution >= 4 is 20.0 Å². The first kappa shape index (κ1) is 27.4. The molecular weight excluding hydrogens is 414 g/mol. The average Bonchev–Trinajstić information content (AvgIpc) is 2.41. The van der Waals surface area contributed by atoms with Crippen molar-refractivity contribution in [1.29, 1.82) is 0 Å². The topological polar surface area (TPSA) is 82.4 Å². The summed E-state index contributed by atoms with van der Waals surface area (Å²) in [5, 5.41) is 0. The molecule has 6 nitrogen and oxygen atoms in total. The number of halogens is 6. The minimum absolute atomic E-state index is 0.696. The van der Waals surface area contributed by atoms with Crippen LogP contribution in [0.1, 0.15) is 34.6 Å². The maximum atomic E-state index is 11.4. The molecule has 0 unspecified atom stereocenters. The Morgan fingerprint density at radius 2 is 1.19 bits per heavy atom. The second-order valence-corrected chi connectivity index (χ2v) is 8.65. The third-order valence-corrected chi connectivity index (χ3v) is 6.17. The van der Waals surface area contributed by atoms with Gasteiger partial charge in [-0.05, 0) is 40.7 Å². The fourth-order valence-electron chi connectivity index (χ4n) is 1.85. The first-order valence-corrected chi connectivity index (χ1v) is 10.1. The molecule has 0 spiro atoms. The molecule has 0 aromatic rings. The van der Waals surface area contributed by atoms with E-state index in [1.165, 1.54) is 13.1 Å². The van der Waals surface area contributed by atoms with E-state index in [-0.39, 0.29) is 0 Å². The van der Waals surface area contributed by atoms with E-state index in [1.807, 2.05) is 0 Å². The molecule has 0 rings (SSSR count). The van der Waals surface area contributed by atoms with Crippen LogP contribution < -0.4 is 0 Å². The number of quaternary nitrogens is 1. The fourth-order valence-corrected chi connectivity index (χ4v) is 3.56. The van der Waals surface area contributed by atoms with Crippen LogP contribution in [0.2, 0.25) is 0 Å². The summed E-state index contributed by atoms with van der Waals surface area (Å²) in [7, 11) is -13.4. The van der Waals surface area contributed by atoms with E-state index in [9.17, 15) is 43.2 Å². The largest absolute Gasteiger partial charge is 0.480 e. The number of allylic oxidation sites excluding steroid dienone is 1. The summed E-state index contributed by atoms with van der Waals surface area (Å²) in [5.41, 5.74) is -12.4. The van der Waals surface area contributed by atoms with Crippen molar-refractivity contribution in [3.63, 3.8) is 0 Å². The van der Waals surface area contributed by atoms with Gasteiger partial charge >= 0.3 is 11.0 Å². The number of hydrogen-bond acceptors (Lipinski definition) is 4. The van der Waals surface area contributed by atoms with Crippen molar-refractivity contribution < 1.29 is 47.7 Å². The quantitative estimate of drug-likeness (QED) is 0.468. The van der Waals surface area contributed by atoms with Gasteiger partial charge in [0.1, 0.15) is 0 Å². The Hall–Kier alpha value is -0.860. The highest BCUT2D eigenvalue weighted by Gasteiger charge is 2.46. The van der Waals surface area contributed by atoms with Crippen LogP contribution in [0, 0.1) is 0 Å². The summed E-state index contributed by atoms with van der Waals surface area (Å²) < 4.78 is 110. The molecule has 0 fully saturated rings. The number of nitrogens with zero attached hydrogens (tertiary/aromatic N) is 2. The van der Waals surface area contributed by atoms with E-state index in [2.05, 4.69) is 46.9 Å². The Labute approximate surface area is 149 Å². The number of sulfonamides is 2. The van der Waals surface area contributed by atoms with Gasteiger partial charge in [-0.25, -0.2) is 16.8 Å². The predicted molar refractivity (Wildman–Crippen MR) is 84.6 cm³/mol. The van der Waals surface area contributed by atoms with Crippen molar-refractivity contribution in [2.75, 3.05) is 13.1 Å². The van der Waals surface area contributed by atoms with E-state index in [0.717, 1.165) is 8.61 Å². The smallest absolute Gasteiger partial charge is 0.421 e. The van der Waals surface area contributed by atoms with Crippen molar-refractivity contribution in [3.05, 3.63) is 16.4 Å². The molecule has 0 N–H and O–H groups in total. The highest BCUT2D eigenvalue weighted by Crippen LogP contribution is 2.36. The first-order chi connectivity index (χ1) is 11.3. The number of rotatable bonds is 6. The highest BCUT2D eigenvalue weighted by molar-refractivity contribution is 8.13. The Kier molecular flexibility index (Phi) is 9.86. The molecule has 0 saturated heterocycles. The molecule has 0 aliphatic rings. The molecule has 0 aromatic carbocycles. The van der Waals surface area contributed by atoms with Crippen LogP contribution in [0.4, 0.5) is 26.3 Å². The lowest BCUT2D eigenvalue weighted by atomic mass is 10.2. The molecular formula is C12H22F6N2O4S2. The summed E-state index contributed by atoms with van der Waals surface area (Å²) in [6, 6.07) is 0.696. The van der Waals surface area contributed by atoms with E-state index >= 15 is 0 Å². The Morgan fingerprint density at radius 1 is 0.885 bits per heavy atom. The molecule has 0 radical (unpaired) electrons. The van der Waals surface area contributed by atoms with Crippen molar-refractivity contribution in [1.82, 2.24) is 0 Å². The molecule has 14 heteroatoms. The van der Waals surface area contributed by atoms with Crippen LogP contribution in [0.5, 0.6) is 0 Å². The highest BCUT2D eigenvalue weighted by atomic mass is 32.3. The van der Waals surface area contributed by atoms with Gasteiger partial charge in [-0.1, -0.05) is 0 Å². The molecule has 0 aliphatic heterocycles. The van der Waals surface area contributed by atoms with Crippen LogP contribution in [0.25, 0.3) is 4.13 Å². The predicted octanol–water partition coefficient (Wildman–Crippen LogP) is 3.84. The first-order valence-electron chi connectivity index (χ1n) is 7.20. The van der Waals surface area contributed by atoms with Gasteiger partial charge in [0, 0.05) is 0 Å². The minimum atomic E-state index is -6.72. The summed E-state index contributed by atoms with van der Waals surface area (Å²) in [6.07, 6.45) is 4.47. The zero-order valence-electron chi connectivity index (χ0n) is 14.8. The zero-order valence-corrected chi connectivity index (χ0v) is 16.4. The number of alkyl halides is 6. The average molecular weight is 436 g/mol. The second-order valence-electron chi connectivity index (χ2n) is 5.23. The molecule has 0 aliphatic carbocycles. The zero-order chi connectivity index (χ0) is 21.6. The molecule has 0 aromatic heterocycles. The van der Waals surface area contributed by atoms with E-state index in [1.54, 1.807) is 0 Å². The van der Waals surface area contributed by atoms with Crippen LogP contribution in [0.3, 0.4) is 0 Å². The number of hydrogen-bond donors (Lipinski definition) is 0. The maximum Gasteiger partial charge on any atom is 0.480 e. The summed E-state index contributed by atoms with van der Waals surface area (Å²) in [5.74, 6) is 0. The van der Waals surface area contributed by atoms with Crippen LogP contribution in [0.15, 0.2) is 12.3 Å². The lowest BCUT2D eigenvalue weighted by molar-refractivity contribution is -0.897. The van der Waals surface area contributed by atoms with Gasteiger partial charge in [0.15, 0.2) is 20.0 Å². The van der Waals surface area contributed by atoms with Gasteiger partial charge < -0.3 is 4.13 Å². The molecule has 0 bridgehead atoms. The Balaban J connectivity index is 0. The van der Waals surface area contributed by atoms with E-state index in [0.29, 0.717) is 6.04 Å². The van der Waals surface area contributed by atoms with Gasteiger partial charge in [0.2, 0.25) is 0 Å². The van der Waals surface area contributed by atoms with Crippen LogP contribution >= 0.6 is 0 Å². The molecule has 0 saturated carbocycles. The standard InChI is InChI=1S/C10H22N.C2F6NO4S2/c1-6-9-11(7-2,8-3)10(4)5;3-1(4,5)14(10,11)9-15(12,13)2(6,7)8/h6,9-10H,7-8H2,1-5H3;/q+1;-1. The summed E-state index contributed by atoms with van der Waals surface area (Å²) in [4.78, 5) is 0. The Bertz CT molecular complexity index is 621. The third-order valence-electron chi connectivity index (χ3n) is 3.43. The fraction of sp³-hybridized carbons (Fsp3) is 0.833. The lowest BCUT2D eigenvalue weighted by Gasteiger charge is -2.36. The van der Waals surface area contributed by atoms with Crippen molar-refractivity contribution in [2.45, 2.75) is 51.7 Å². The van der Waals surface area contributed by atoms with Crippen molar-refractivity contribution in [2.24, 2.45) is 0 Å². The van der Waals surface area contributed by atoms with E-state index < -0.39 is 31.1 Å². The van der Waals surface area contributed by atoms with Gasteiger partial charge in [-0.3, -0.25) is 4.48 Å². The van der Waals surface area contributed by atoms with Crippen molar-refractivity contribution in [3.8, 4) is 0 Å². The second kappa shape index (κ2) is 9.37. The van der Waals surface area contributed by atoms with Gasteiger partial charge in [-0.2, -0.15) is 26.3 Å². The Morgan fingerprint density at radius 3 is 1.31 bits per heavy atom. The summed E-state index contributed by atoms with van der Waals surface area (Å²) >= 11 is 0. The third kappa shape index (κ3) is 7.40. The summed E-state index contributed by atoms with van der Waals surface area (Å²) in [6.45, 7) is 13.6. The van der Waals surface area contributed by atoms with Crippen LogP contribution in [-0.2, 0) is 20.0 Å². The van der Waals surface area contributed by atoms with Gasteiger partial charge in [-0.15, -0.1) is 0 Å². The molecule has 0 atom stereocenters. The lowest BCUT2D eigenvalue weighted by Crippen LogP contribution is -2.47. The van der Waals surface area contributed by atoms with Crippen LogP contribution in [-0.4, -0.2) is 51.5 Å². The maximum absolute atomic E-state index is 11.4. The normalized spacial score (nSPS) is 14.5. The van der Waals surface area contributed by atoms with Gasteiger partial charge in [0.25, 0.3) is 0 Å².